The molecule has 0 bridgehead atoms. The summed E-state index contributed by atoms with van der Waals surface area (Å²) in [6, 6.07) is 7.92. The minimum absolute atomic E-state index is 0.700. The summed E-state index contributed by atoms with van der Waals surface area (Å²) in [6.07, 6.45) is 3.90. The van der Waals surface area contributed by atoms with Crippen LogP contribution in [-0.4, -0.2) is 24.5 Å². The van der Waals surface area contributed by atoms with Gasteiger partial charge in [0, 0.05) is 29.7 Å². The van der Waals surface area contributed by atoms with Crippen molar-refractivity contribution in [2.45, 2.75) is 26.3 Å². The molecule has 0 fully saturated rings. The van der Waals surface area contributed by atoms with E-state index in [1.54, 1.807) is 18.4 Å². The van der Waals surface area contributed by atoms with Crippen LogP contribution in [0.4, 0.5) is 0 Å². The average Bonchev–Trinajstić information content (AvgIpc) is 3.00. The SMILES string of the molecule is CCc1cnc(CNC(=NC)NCCc2ccc(Cl)cc2)s1. The number of halogens is 1. The van der Waals surface area contributed by atoms with Gasteiger partial charge in [0.25, 0.3) is 0 Å². The molecule has 0 aliphatic rings. The number of hydrogen-bond donors (Lipinski definition) is 2. The standard InChI is InChI=1S/C16H21ClN4S/c1-3-14-10-20-15(22-14)11-21-16(18-2)19-9-8-12-4-6-13(17)7-5-12/h4-7,10H,3,8-9,11H2,1-2H3,(H2,18,19,21). The molecule has 0 saturated heterocycles. The third-order valence-corrected chi connectivity index (χ3v) is 4.59. The van der Waals surface area contributed by atoms with E-state index in [0.717, 1.165) is 35.4 Å². The van der Waals surface area contributed by atoms with Crippen LogP contribution < -0.4 is 10.6 Å². The Morgan fingerprint density at radius 3 is 2.68 bits per heavy atom. The third kappa shape index (κ3) is 5.31. The summed E-state index contributed by atoms with van der Waals surface area (Å²) in [6.45, 7) is 3.66. The highest BCUT2D eigenvalue weighted by Crippen LogP contribution is 2.12. The van der Waals surface area contributed by atoms with Crippen LogP contribution in [0.3, 0.4) is 0 Å². The molecular formula is C16H21ClN4S. The zero-order valence-electron chi connectivity index (χ0n) is 12.9. The lowest BCUT2D eigenvalue weighted by atomic mass is 10.1. The molecule has 2 rings (SSSR count). The van der Waals surface area contributed by atoms with Crippen molar-refractivity contribution in [1.29, 1.82) is 0 Å². The van der Waals surface area contributed by atoms with Gasteiger partial charge in [0.1, 0.15) is 5.01 Å². The van der Waals surface area contributed by atoms with Crippen LogP contribution in [0.1, 0.15) is 22.4 Å². The van der Waals surface area contributed by atoms with Crippen LogP contribution in [0.2, 0.25) is 5.02 Å². The van der Waals surface area contributed by atoms with Crippen molar-refractivity contribution in [2.24, 2.45) is 4.99 Å². The molecule has 1 aromatic heterocycles. The maximum Gasteiger partial charge on any atom is 0.191 e. The molecule has 0 saturated carbocycles. The van der Waals surface area contributed by atoms with Crippen LogP contribution in [0, 0.1) is 0 Å². The van der Waals surface area contributed by atoms with Gasteiger partial charge in [-0.1, -0.05) is 30.7 Å². The van der Waals surface area contributed by atoms with Gasteiger partial charge in [-0.25, -0.2) is 4.98 Å². The molecule has 4 nitrogen and oxygen atoms in total. The molecule has 1 heterocycles. The maximum absolute atomic E-state index is 5.88. The number of aryl methyl sites for hydroxylation is 1. The lowest BCUT2D eigenvalue weighted by Gasteiger charge is -2.10. The molecule has 118 valence electrons. The smallest absolute Gasteiger partial charge is 0.191 e. The van der Waals surface area contributed by atoms with E-state index in [0.29, 0.717) is 6.54 Å². The van der Waals surface area contributed by atoms with Gasteiger partial charge in [-0.2, -0.15) is 0 Å². The molecule has 0 amide bonds. The summed E-state index contributed by atoms with van der Waals surface area (Å²) in [5, 5.41) is 8.44. The molecule has 0 aliphatic carbocycles. The Bertz CT molecular complexity index is 607. The van der Waals surface area contributed by atoms with Crippen molar-refractivity contribution in [3.05, 3.63) is 50.9 Å². The molecule has 2 aromatic rings. The first kappa shape index (κ1) is 16.8. The molecule has 0 spiro atoms. The van der Waals surface area contributed by atoms with E-state index < -0.39 is 0 Å². The first-order valence-corrected chi connectivity index (χ1v) is 8.53. The van der Waals surface area contributed by atoms with Crippen molar-refractivity contribution in [1.82, 2.24) is 15.6 Å². The van der Waals surface area contributed by atoms with E-state index in [-0.39, 0.29) is 0 Å². The average molecular weight is 337 g/mol. The largest absolute Gasteiger partial charge is 0.356 e. The molecule has 0 atom stereocenters. The summed E-state index contributed by atoms with van der Waals surface area (Å²) < 4.78 is 0. The quantitative estimate of drug-likeness (QED) is 0.628. The second kappa shape index (κ2) is 8.76. The number of thiazole rings is 1. The monoisotopic (exact) mass is 336 g/mol. The van der Waals surface area contributed by atoms with Crippen molar-refractivity contribution in [3.8, 4) is 0 Å². The Hall–Kier alpha value is -1.59. The number of rotatable bonds is 6. The van der Waals surface area contributed by atoms with Crippen molar-refractivity contribution in [3.63, 3.8) is 0 Å². The number of aromatic nitrogens is 1. The third-order valence-electron chi connectivity index (χ3n) is 3.20. The van der Waals surface area contributed by atoms with Gasteiger partial charge < -0.3 is 10.6 Å². The predicted octanol–water partition coefficient (Wildman–Crippen LogP) is 3.27. The maximum atomic E-state index is 5.88. The summed E-state index contributed by atoms with van der Waals surface area (Å²) >= 11 is 7.62. The molecule has 6 heteroatoms. The lowest BCUT2D eigenvalue weighted by Crippen LogP contribution is -2.37. The van der Waals surface area contributed by atoms with Crippen molar-refractivity contribution in [2.75, 3.05) is 13.6 Å². The molecule has 0 radical (unpaired) electrons. The second-order valence-corrected chi connectivity index (χ2v) is 6.44. The van der Waals surface area contributed by atoms with Crippen LogP contribution in [0.15, 0.2) is 35.5 Å². The van der Waals surface area contributed by atoms with Gasteiger partial charge in [-0.3, -0.25) is 4.99 Å². The Labute approximate surface area is 140 Å². The number of benzene rings is 1. The number of aliphatic imine (C=N–C) groups is 1. The Balaban J connectivity index is 1.74. The van der Waals surface area contributed by atoms with Gasteiger partial charge in [0.15, 0.2) is 5.96 Å². The molecule has 1 aromatic carbocycles. The number of guanidine groups is 1. The number of nitrogens with zero attached hydrogens (tertiary/aromatic N) is 2. The van der Waals surface area contributed by atoms with Gasteiger partial charge in [0.2, 0.25) is 0 Å². The minimum atomic E-state index is 0.700. The Morgan fingerprint density at radius 2 is 2.05 bits per heavy atom. The first-order valence-electron chi connectivity index (χ1n) is 7.33. The van der Waals surface area contributed by atoms with Crippen LogP contribution in [0.25, 0.3) is 0 Å². The zero-order valence-corrected chi connectivity index (χ0v) is 14.5. The normalized spacial score (nSPS) is 11.5. The van der Waals surface area contributed by atoms with E-state index in [4.69, 9.17) is 11.6 Å². The summed E-state index contributed by atoms with van der Waals surface area (Å²) in [5.41, 5.74) is 1.25. The summed E-state index contributed by atoms with van der Waals surface area (Å²) in [7, 11) is 1.77. The fraction of sp³-hybridized carbons (Fsp3) is 0.375. The number of nitrogens with one attached hydrogen (secondary N) is 2. The molecular weight excluding hydrogens is 316 g/mol. The predicted molar refractivity (Wildman–Crippen MR) is 94.8 cm³/mol. The molecule has 0 aliphatic heterocycles. The molecule has 0 unspecified atom stereocenters. The van der Waals surface area contributed by atoms with Crippen LogP contribution in [0.5, 0.6) is 0 Å². The molecule has 2 N–H and O–H groups in total. The Morgan fingerprint density at radius 1 is 1.27 bits per heavy atom. The van der Waals surface area contributed by atoms with Gasteiger partial charge in [0.05, 0.1) is 6.54 Å². The number of hydrogen-bond acceptors (Lipinski definition) is 3. The van der Waals surface area contributed by atoms with E-state index in [2.05, 4.69) is 27.5 Å². The molecule has 22 heavy (non-hydrogen) atoms. The van der Waals surface area contributed by atoms with Crippen LogP contribution >= 0.6 is 22.9 Å². The lowest BCUT2D eigenvalue weighted by molar-refractivity contribution is 0.791. The fourth-order valence-electron chi connectivity index (χ4n) is 1.95. The zero-order chi connectivity index (χ0) is 15.8. The second-order valence-electron chi connectivity index (χ2n) is 4.80. The van der Waals surface area contributed by atoms with Crippen molar-refractivity contribution >= 4 is 28.9 Å². The highest BCUT2D eigenvalue weighted by Gasteiger charge is 2.02. The summed E-state index contributed by atoms with van der Waals surface area (Å²) in [4.78, 5) is 9.92. The van der Waals surface area contributed by atoms with Crippen LogP contribution in [-0.2, 0) is 19.4 Å². The topological polar surface area (TPSA) is 49.3 Å². The van der Waals surface area contributed by atoms with Gasteiger partial charge in [-0.05, 0) is 30.5 Å². The van der Waals surface area contributed by atoms with E-state index in [1.165, 1.54) is 10.4 Å². The highest BCUT2D eigenvalue weighted by molar-refractivity contribution is 7.11. The van der Waals surface area contributed by atoms with Crippen molar-refractivity contribution < 1.29 is 0 Å². The minimum Gasteiger partial charge on any atom is -0.356 e. The highest BCUT2D eigenvalue weighted by atomic mass is 35.5. The summed E-state index contributed by atoms with van der Waals surface area (Å²) in [5.74, 6) is 0.794. The van der Waals surface area contributed by atoms with E-state index >= 15 is 0 Å². The van der Waals surface area contributed by atoms with E-state index in [1.807, 2.05) is 30.5 Å². The van der Waals surface area contributed by atoms with E-state index in [9.17, 15) is 0 Å². The van der Waals surface area contributed by atoms with Gasteiger partial charge >= 0.3 is 0 Å². The fourth-order valence-corrected chi connectivity index (χ4v) is 2.88. The Kier molecular flexibility index (Phi) is 6.68. The first-order chi connectivity index (χ1) is 10.7. The van der Waals surface area contributed by atoms with Gasteiger partial charge in [-0.15, -0.1) is 11.3 Å².